The molecule has 5 heteroatoms. The van der Waals surface area contributed by atoms with E-state index in [1.807, 2.05) is 0 Å². The minimum Gasteiger partial charge on any atom is -0.480 e. The van der Waals surface area contributed by atoms with Gasteiger partial charge in [-0.25, -0.2) is 9.37 Å². The Bertz CT molecular complexity index is 489. The number of ether oxygens (including phenoxy) is 1. The summed E-state index contributed by atoms with van der Waals surface area (Å²) in [6.07, 6.45) is 0. The molecule has 1 aromatic carbocycles. The highest BCUT2D eigenvalue weighted by Gasteiger charge is 2.07. The lowest BCUT2D eigenvalue weighted by Gasteiger charge is -2.03. The minimum absolute atomic E-state index is 0.332. The van der Waals surface area contributed by atoms with Crippen molar-refractivity contribution < 1.29 is 9.13 Å². The largest absolute Gasteiger partial charge is 0.480 e. The molecule has 0 aliphatic carbocycles. The first-order chi connectivity index (χ1) is 6.70. The second kappa shape index (κ2) is 3.49. The highest BCUT2D eigenvalue weighted by molar-refractivity contribution is 9.10. The Morgan fingerprint density at radius 3 is 2.86 bits per heavy atom. The number of aromatic nitrogens is 2. The molecule has 2 rings (SSSR count). The van der Waals surface area contributed by atoms with Crippen molar-refractivity contribution >= 4 is 26.8 Å². The van der Waals surface area contributed by atoms with Crippen LogP contribution in [0.5, 0.6) is 5.88 Å². The zero-order valence-corrected chi connectivity index (χ0v) is 8.88. The standard InChI is InChI=1S/C9H6BrFN2O/c1-14-8-6-4-5(11)2-3-7(6)12-9(10)13-8/h2-4H,1H3. The lowest BCUT2D eigenvalue weighted by molar-refractivity contribution is 0.401. The number of fused-ring (bicyclic) bond motifs is 1. The molecule has 0 saturated carbocycles. The van der Waals surface area contributed by atoms with Crippen molar-refractivity contribution in [2.24, 2.45) is 0 Å². The summed E-state index contributed by atoms with van der Waals surface area (Å²) in [5.41, 5.74) is 0.644. The Hall–Kier alpha value is -1.23. The quantitative estimate of drug-likeness (QED) is 0.736. The third-order valence-corrected chi connectivity index (χ3v) is 2.14. The number of nitrogens with zero attached hydrogens (tertiary/aromatic N) is 2. The number of halogens is 2. The zero-order valence-electron chi connectivity index (χ0n) is 7.29. The van der Waals surface area contributed by atoms with Gasteiger partial charge in [0.25, 0.3) is 0 Å². The third kappa shape index (κ3) is 1.55. The highest BCUT2D eigenvalue weighted by atomic mass is 79.9. The maximum absolute atomic E-state index is 12.9. The van der Waals surface area contributed by atoms with Gasteiger partial charge in [-0.15, -0.1) is 0 Å². The predicted molar refractivity (Wildman–Crippen MR) is 53.7 cm³/mol. The van der Waals surface area contributed by atoms with E-state index in [1.165, 1.54) is 19.2 Å². The molecule has 0 bridgehead atoms. The normalized spacial score (nSPS) is 10.5. The van der Waals surface area contributed by atoms with Crippen molar-refractivity contribution in [3.8, 4) is 5.88 Å². The van der Waals surface area contributed by atoms with Gasteiger partial charge < -0.3 is 4.74 Å². The molecule has 0 radical (unpaired) electrons. The molecule has 0 aliphatic rings. The fraction of sp³-hybridized carbons (Fsp3) is 0.111. The van der Waals surface area contributed by atoms with Crippen LogP contribution < -0.4 is 4.74 Å². The topological polar surface area (TPSA) is 35.0 Å². The van der Waals surface area contributed by atoms with E-state index in [4.69, 9.17) is 4.74 Å². The Labute approximate surface area is 88.1 Å². The molecule has 0 spiro atoms. The van der Waals surface area contributed by atoms with Gasteiger partial charge in [0, 0.05) is 0 Å². The fourth-order valence-corrected chi connectivity index (χ4v) is 1.55. The van der Waals surface area contributed by atoms with Crippen LogP contribution >= 0.6 is 15.9 Å². The molecule has 0 unspecified atom stereocenters. The van der Waals surface area contributed by atoms with Crippen LogP contribution in [0.2, 0.25) is 0 Å². The van der Waals surface area contributed by atoms with Gasteiger partial charge in [0.15, 0.2) is 0 Å². The van der Waals surface area contributed by atoms with E-state index in [-0.39, 0.29) is 5.82 Å². The second-order valence-electron chi connectivity index (χ2n) is 2.66. The van der Waals surface area contributed by atoms with Gasteiger partial charge in [-0.05, 0) is 34.1 Å². The number of benzene rings is 1. The molecule has 14 heavy (non-hydrogen) atoms. The number of hydrogen-bond acceptors (Lipinski definition) is 3. The number of methoxy groups -OCH3 is 1. The first-order valence-corrected chi connectivity index (χ1v) is 4.67. The van der Waals surface area contributed by atoms with Crippen LogP contribution in [0.1, 0.15) is 0 Å². The molecule has 0 aliphatic heterocycles. The molecular weight excluding hydrogens is 251 g/mol. The highest BCUT2D eigenvalue weighted by Crippen LogP contribution is 2.24. The van der Waals surface area contributed by atoms with Gasteiger partial charge in [0.2, 0.25) is 10.6 Å². The Morgan fingerprint density at radius 1 is 1.36 bits per heavy atom. The molecule has 0 saturated heterocycles. The minimum atomic E-state index is -0.332. The third-order valence-electron chi connectivity index (χ3n) is 1.79. The lowest BCUT2D eigenvalue weighted by atomic mass is 10.2. The van der Waals surface area contributed by atoms with Crippen LogP contribution in [0.3, 0.4) is 0 Å². The van der Waals surface area contributed by atoms with Crippen LogP contribution in [0, 0.1) is 5.82 Å². The molecule has 1 heterocycles. The van der Waals surface area contributed by atoms with Crippen LogP contribution in [-0.4, -0.2) is 17.1 Å². The van der Waals surface area contributed by atoms with E-state index >= 15 is 0 Å². The molecule has 0 N–H and O–H groups in total. The zero-order chi connectivity index (χ0) is 10.1. The van der Waals surface area contributed by atoms with Crippen molar-refractivity contribution in [1.82, 2.24) is 9.97 Å². The molecular formula is C9H6BrFN2O. The molecule has 0 atom stereocenters. The van der Waals surface area contributed by atoms with Crippen LogP contribution in [0.15, 0.2) is 22.9 Å². The van der Waals surface area contributed by atoms with Gasteiger partial charge >= 0.3 is 0 Å². The van der Waals surface area contributed by atoms with Gasteiger partial charge in [-0.2, -0.15) is 4.98 Å². The summed E-state index contributed by atoms with van der Waals surface area (Å²) in [6, 6.07) is 4.28. The van der Waals surface area contributed by atoms with E-state index < -0.39 is 0 Å². The van der Waals surface area contributed by atoms with Crippen molar-refractivity contribution in [1.29, 1.82) is 0 Å². The molecule has 0 fully saturated rings. The first kappa shape index (κ1) is 9.33. The van der Waals surface area contributed by atoms with Crippen molar-refractivity contribution in [3.05, 3.63) is 28.7 Å². The maximum atomic E-state index is 12.9. The van der Waals surface area contributed by atoms with Gasteiger partial charge in [0.05, 0.1) is 18.0 Å². The fourth-order valence-electron chi connectivity index (χ4n) is 1.20. The smallest absolute Gasteiger partial charge is 0.225 e. The second-order valence-corrected chi connectivity index (χ2v) is 3.37. The van der Waals surface area contributed by atoms with Gasteiger partial charge in [-0.3, -0.25) is 0 Å². The van der Waals surface area contributed by atoms with Gasteiger partial charge in [0.1, 0.15) is 5.82 Å². The monoisotopic (exact) mass is 256 g/mol. The summed E-state index contributed by atoms with van der Waals surface area (Å²) < 4.78 is 18.4. The van der Waals surface area contributed by atoms with E-state index in [2.05, 4.69) is 25.9 Å². The van der Waals surface area contributed by atoms with Crippen molar-refractivity contribution in [2.45, 2.75) is 0 Å². The van der Waals surface area contributed by atoms with E-state index in [0.29, 0.717) is 21.5 Å². The molecule has 1 aromatic heterocycles. The summed E-state index contributed by atoms with van der Waals surface area (Å²) in [7, 11) is 1.49. The Kier molecular flexibility index (Phi) is 2.33. The van der Waals surface area contributed by atoms with E-state index in [9.17, 15) is 4.39 Å². The average Bonchev–Trinajstić information content (AvgIpc) is 2.17. The van der Waals surface area contributed by atoms with E-state index in [1.54, 1.807) is 6.07 Å². The summed E-state index contributed by atoms with van der Waals surface area (Å²) in [5, 5.41) is 0.565. The molecule has 2 aromatic rings. The Balaban J connectivity index is 2.81. The number of hydrogen-bond donors (Lipinski definition) is 0. The Morgan fingerprint density at radius 2 is 2.14 bits per heavy atom. The molecule has 3 nitrogen and oxygen atoms in total. The summed E-state index contributed by atoms with van der Waals surface area (Å²) >= 11 is 3.15. The van der Waals surface area contributed by atoms with Crippen LogP contribution in [0.25, 0.3) is 10.9 Å². The molecule has 72 valence electrons. The van der Waals surface area contributed by atoms with Gasteiger partial charge in [-0.1, -0.05) is 0 Å². The number of rotatable bonds is 1. The predicted octanol–water partition coefficient (Wildman–Crippen LogP) is 2.54. The van der Waals surface area contributed by atoms with Crippen LogP contribution in [0.4, 0.5) is 4.39 Å². The maximum Gasteiger partial charge on any atom is 0.225 e. The summed E-state index contributed by atoms with van der Waals surface area (Å²) in [6.45, 7) is 0. The van der Waals surface area contributed by atoms with E-state index in [0.717, 1.165) is 0 Å². The first-order valence-electron chi connectivity index (χ1n) is 3.87. The SMILES string of the molecule is COc1nc(Br)nc2ccc(F)cc12. The van der Waals surface area contributed by atoms with Crippen molar-refractivity contribution in [3.63, 3.8) is 0 Å². The average molecular weight is 257 g/mol. The van der Waals surface area contributed by atoms with Crippen molar-refractivity contribution in [2.75, 3.05) is 7.11 Å². The summed E-state index contributed by atoms with van der Waals surface area (Å²) in [5.74, 6) is 0.0306. The summed E-state index contributed by atoms with van der Waals surface area (Å²) in [4.78, 5) is 8.06. The lowest BCUT2D eigenvalue weighted by Crippen LogP contribution is -1.93. The van der Waals surface area contributed by atoms with Crippen LogP contribution in [-0.2, 0) is 0 Å². The molecule has 0 amide bonds.